The van der Waals surface area contributed by atoms with E-state index in [4.69, 9.17) is 10.9 Å². The Hall–Kier alpha value is -3.51. The van der Waals surface area contributed by atoms with Crippen molar-refractivity contribution in [3.05, 3.63) is 36.4 Å². The average Bonchev–Trinajstić information content (AvgIpc) is 3.58. The number of Topliss-reactive ketones (excluding diaryl/α,β-unsaturated/α-hetero) is 1. The number of ether oxygens (including phenoxy) is 1. The van der Waals surface area contributed by atoms with Crippen molar-refractivity contribution in [2.45, 2.75) is 72.1 Å². The van der Waals surface area contributed by atoms with Gasteiger partial charge in [-0.1, -0.05) is 13.8 Å². The number of hydrogen-bond donors (Lipinski definition) is 3. The molecule has 36 heavy (non-hydrogen) atoms. The van der Waals surface area contributed by atoms with E-state index in [9.17, 15) is 22.8 Å². The number of nitrogens with zero attached hydrogens (tertiary/aromatic N) is 3. The number of hydrogen-bond acceptors (Lipinski definition) is 7. The minimum absolute atomic E-state index is 0.0639. The monoisotopic (exact) mass is 517 g/mol. The van der Waals surface area contributed by atoms with Gasteiger partial charge in [-0.3, -0.25) is 14.6 Å². The number of carbonyl (C=O) groups is 3. The maximum absolute atomic E-state index is 11.5. The molecule has 0 aliphatic carbocycles. The van der Waals surface area contributed by atoms with Crippen molar-refractivity contribution in [1.29, 1.82) is 0 Å². The van der Waals surface area contributed by atoms with Crippen molar-refractivity contribution in [2.24, 2.45) is 4.99 Å². The Morgan fingerprint density at radius 1 is 1.19 bits per heavy atom. The van der Waals surface area contributed by atoms with Gasteiger partial charge in [0, 0.05) is 45.7 Å². The van der Waals surface area contributed by atoms with Crippen LogP contribution in [-0.4, -0.2) is 68.7 Å². The number of ketones is 1. The lowest BCUT2D eigenvalue weighted by molar-refractivity contribution is -0.156. The van der Waals surface area contributed by atoms with Crippen LogP contribution in [0.3, 0.4) is 0 Å². The molecular formula is C23H35F3N6O4. The van der Waals surface area contributed by atoms with Gasteiger partial charge < -0.3 is 20.0 Å². The minimum Gasteiger partial charge on any atom is -0.444 e. The summed E-state index contributed by atoms with van der Waals surface area (Å²) in [6, 6.07) is 0. The zero-order chi connectivity index (χ0) is 28.3. The second-order valence-corrected chi connectivity index (χ2v) is 7.92. The summed E-state index contributed by atoms with van der Waals surface area (Å²) >= 11 is 0. The predicted molar refractivity (Wildman–Crippen MR) is 129 cm³/mol. The summed E-state index contributed by atoms with van der Waals surface area (Å²) < 4.78 is 42.5. The van der Waals surface area contributed by atoms with Crippen LogP contribution in [0.1, 0.15) is 78.1 Å². The molecular weight excluding hydrogens is 481 g/mol. The number of halogens is 3. The van der Waals surface area contributed by atoms with E-state index in [1.165, 1.54) is 12.6 Å². The Morgan fingerprint density at radius 3 is 2.25 bits per heavy atom. The molecule has 3 heterocycles. The first-order valence-corrected chi connectivity index (χ1v) is 11.2. The number of aromatic amines is 2. The highest BCUT2D eigenvalue weighted by molar-refractivity contribution is 5.98. The number of aldehydes is 1. The molecule has 0 unspecified atom stereocenters. The Bertz CT molecular complexity index is 927. The van der Waals surface area contributed by atoms with Gasteiger partial charge in [-0.25, -0.2) is 14.8 Å². The molecule has 0 spiro atoms. The van der Waals surface area contributed by atoms with Crippen LogP contribution in [-0.2, 0) is 9.53 Å². The van der Waals surface area contributed by atoms with E-state index in [1.807, 2.05) is 6.20 Å². The van der Waals surface area contributed by atoms with E-state index in [0.717, 1.165) is 24.5 Å². The van der Waals surface area contributed by atoms with Crippen molar-refractivity contribution in [3.8, 4) is 0 Å². The zero-order valence-corrected chi connectivity index (χ0v) is 20.9. The number of imidazole rings is 2. The second-order valence-electron chi connectivity index (χ2n) is 7.92. The normalized spacial score (nSPS) is 12.8. The number of amides is 1. The van der Waals surface area contributed by atoms with Crippen LogP contribution in [0.2, 0.25) is 0 Å². The summed E-state index contributed by atoms with van der Waals surface area (Å²) in [7, 11) is 0. The molecule has 10 nitrogen and oxygen atoms in total. The predicted octanol–water partition coefficient (Wildman–Crippen LogP) is 4.66. The third-order valence-corrected chi connectivity index (χ3v) is 3.79. The van der Waals surface area contributed by atoms with E-state index < -0.39 is 24.2 Å². The van der Waals surface area contributed by atoms with Gasteiger partial charge in [0.15, 0.2) is 17.4 Å². The van der Waals surface area contributed by atoms with Gasteiger partial charge in [-0.15, -0.1) is 0 Å². The average molecular weight is 518 g/mol. The third-order valence-electron chi connectivity index (χ3n) is 3.79. The van der Waals surface area contributed by atoms with Crippen LogP contribution in [0.15, 0.2) is 29.8 Å². The zero-order valence-electron chi connectivity index (χ0n) is 21.9. The smallest absolute Gasteiger partial charge is 0.444 e. The fraction of sp³-hybridized carbons (Fsp3) is 0.565. The summed E-state index contributed by atoms with van der Waals surface area (Å²) in [5.41, 5.74) is 0.624. The first-order valence-electron chi connectivity index (χ1n) is 11.9. The molecule has 0 radical (unpaired) electrons. The molecule has 202 valence electrons. The van der Waals surface area contributed by atoms with Crippen molar-refractivity contribution in [3.63, 3.8) is 0 Å². The number of carbonyl (C=O) groups excluding carboxylic acids is 3. The van der Waals surface area contributed by atoms with Crippen LogP contribution in [0.4, 0.5) is 18.0 Å². The van der Waals surface area contributed by atoms with Gasteiger partial charge in [0.1, 0.15) is 5.60 Å². The molecule has 0 aromatic carbocycles. The lowest BCUT2D eigenvalue weighted by Gasteiger charge is -2.19. The van der Waals surface area contributed by atoms with Crippen molar-refractivity contribution >= 4 is 23.9 Å². The lowest BCUT2D eigenvalue weighted by Crippen LogP contribution is -2.33. The topological polar surface area (TPSA) is 142 Å². The molecule has 2 aromatic heterocycles. The number of aromatic nitrogens is 4. The summed E-state index contributed by atoms with van der Waals surface area (Å²) in [5.74, 6) is 1.23. The highest BCUT2D eigenvalue weighted by Crippen LogP contribution is 2.09. The first-order chi connectivity index (χ1) is 17.3. The van der Waals surface area contributed by atoms with E-state index in [-0.39, 0.29) is 5.78 Å². The van der Waals surface area contributed by atoms with Crippen LogP contribution in [0, 0.1) is 0 Å². The molecule has 1 aliphatic heterocycles. The lowest BCUT2D eigenvalue weighted by atomic mass is 10.2. The van der Waals surface area contributed by atoms with Crippen molar-refractivity contribution in [2.75, 3.05) is 13.1 Å². The molecule has 0 bridgehead atoms. The van der Waals surface area contributed by atoms with E-state index >= 15 is 0 Å². The Morgan fingerprint density at radius 2 is 1.81 bits per heavy atom. The molecule has 0 saturated carbocycles. The molecule has 13 heteroatoms. The Kier molecular flexibility index (Phi) is 14.4. The first kappa shape index (κ1) is 30.5. The second kappa shape index (κ2) is 17.0. The van der Waals surface area contributed by atoms with Crippen LogP contribution in [0.5, 0.6) is 0 Å². The summed E-state index contributed by atoms with van der Waals surface area (Å²) in [5, 5.41) is 2.60. The molecule has 0 fully saturated rings. The van der Waals surface area contributed by atoms with E-state index in [0.29, 0.717) is 32.1 Å². The standard InChI is InChI=1S/C12H19N3O3.C7H9N3.C2HF3O.C2H6/c1-12(2,3)18-11(17)15-6-4-5-9(16)10-13-7-8-14-10;1-2-6(8-3-1)7-9-4-5-10-7;3-2(4,5)1-6;1-2/h7-8H,4-6H2,1-3H3,(H,13,14)(H,15,17);4-5H,1-3H2,(H,9,10);1H;1-2H3/i;;;1D. The quantitative estimate of drug-likeness (QED) is 0.289. The minimum atomic E-state index is -4.64. The van der Waals surface area contributed by atoms with Gasteiger partial charge in [0.25, 0.3) is 0 Å². The molecule has 1 amide bonds. The number of H-pyrrole nitrogens is 2. The number of alkyl halides is 3. The maximum atomic E-state index is 11.5. The van der Waals surface area contributed by atoms with E-state index in [2.05, 4.69) is 30.2 Å². The van der Waals surface area contributed by atoms with Gasteiger partial charge in [-0.05, 0) is 40.0 Å². The van der Waals surface area contributed by atoms with Gasteiger partial charge >= 0.3 is 12.3 Å². The molecule has 2 aromatic rings. The van der Waals surface area contributed by atoms with Crippen molar-refractivity contribution in [1.82, 2.24) is 25.3 Å². The summed E-state index contributed by atoms with van der Waals surface area (Å²) in [6.45, 7) is 9.06. The summed E-state index contributed by atoms with van der Waals surface area (Å²) in [6.07, 6.45) is 3.71. The molecule has 0 atom stereocenters. The number of nitrogens with one attached hydrogen (secondary N) is 3. The molecule has 1 aliphatic rings. The Balaban J connectivity index is 0.000000567. The van der Waals surface area contributed by atoms with Crippen molar-refractivity contribution < 1.29 is 33.7 Å². The van der Waals surface area contributed by atoms with Gasteiger partial charge in [0.2, 0.25) is 6.29 Å². The van der Waals surface area contributed by atoms with Crippen LogP contribution < -0.4 is 5.32 Å². The fourth-order valence-corrected chi connectivity index (χ4v) is 2.45. The largest absolute Gasteiger partial charge is 0.446 e. The highest BCUT2D eigenvalue weighted by atomic mass is 19.4. The van der Waals surface area contributed by atoms with Crippen LogP contribution >= 0.6 is 0 Å². The SMILES string of the molecule is CC(C)(C)OC(=O)NCCCC(=O)c1ncc[nH]1.O=CC(F)(F)F.[2H]CC.c1c[nH]c(C2=NCCC2)n1. The van der Waals surface area contributed by atoms with Gasteiger partial charge in [0.05, 0.1) is 5.71 Å². The third kappa shape index (κ3) is 16.2. The van der Waals surface area contributed by atoms with Gasteiger partial charge in [-0.2, -0.15) is 13.2 Å². The van der Waals surface area contributed by atoms with E-state index in [1.54, 1.807) is 40.1 Å². The number of alkyl carbamates (subject to hydrolysis) is 1. The highest BCUT2D eigenvalue weighted by Gasteiger charge is 2.24. The number of rotatable bonds is 6. The van der Waals surface area contributed by atoms with Crippen LogP contribution in [0.25, 0.3) is 0 Å². The number of aliphatic imine (C=N–C) groups is 1. The Labute approximate surface area is 210 Å². The maximum Gasteiger partial charge on any atom is 0.446 e. The molecule has 3 N–H and O–H groups in total. The molecule has 3 rings (SSSR count). The summed E-state index contributed by atoms with van der Waals surface area (Å²) in [4.78, 5) is 49.6. The molecule has 0 saturated heterocycles. The fourth-order valence-electron chi connectivity index (χ4n) is 2.45.